The number of rotatable bonds is 8. The molecule has 0 heterocycles. The van der Waals surface area contributed by atoms with Gasteiger partial charge in [0.2, 0.25) is 5.91 Å². The lowest BCUT2D eigenvalue weighted by Crippen LogP contribution is -2.53. The van der Waals surface area contributed by atoms with Gasteiger partial charge >= 0.3 is 0 Å². The van der Waals surface area contributed by atoms with Crippen LogP contribution in [0.15, 0.2) is 24.3 Å². The first-order valence-corrected chi connectivity index (χ1v) is 7.36. The molecule has 0 aliphatic heterocycles. The minimum atomic E-state index is -0.276. The number of amides is 1. The number of ether oxygens (including phenoxy) is 2. The van der Waals surface area contributed by atoms with Crippen LogP contribution in [0.2, 0.25) is 0 Å². The summed E-state index contributed by atoms with van der Waals surface area (Å²) in [4.78, 5) is 12.0. The Morgan fingerprint density at radius 3 is 2.55 bits per heavy atom. The molecule has 1 aliphatic carbocycles. The second kappa shape index (κ2) is 8.25. The third-order valence-electron chi connectivity index (χ3n) is 3.98. The number of nitrogens with one attached hydrogen (secondary N) is 1. The lowest BCUT2D eigenvalue weighted by molar-refractivity contribution is -0.123. The highest BCUT2D eigenvalue weighted by Gasteiger charge is 2.41. The number of hydrogen-bond donors (Lipinski definition) is 2. The summed E-state index contributed by atoms with van der Waals surface area (Å²) in [6.45, 7) is 2.80. The molecule has 1 aromatic rings. The van der Waals surface area contributed by atoms with Crippen LogP contribution < -0.4 is 20.5 Å². The summed E-state index contributed by atoms with van der Waals surface area (Å²) in [5, 5.41) is 3.04. The predicted molar refractivity (Wildman–Crippen MR) is 88.7 cm³/mol. The Morgan fingerprint density at radius 1 is 1.36 bits per heavy atom. The molecule has 3 N–H and O–H groups in total. The molecule has 1 aromatic carbocycles. The normalized spacial score (nSPS) is 16.1. The number of hydrogen-bond acceptors (Lipinski definition) is 4. The molecule has 2 rings (SSSR count). The van der Waals surface area contributed by atoms with Crippen LogP contribution in [0.5, 0.6) is 11.5 Å². The number of benzene rings is 1. The van der Waals surface area contributed by atoms with Gasteiger partial charge in [-0.2, -0.15) is 0 Å². The second-order valence-electron chi connectivity index (χ2n) is 5.69. The van der Waals surface area contributed by atoms with E-state index in [-0.39, 0.29) is 23.9 Å². The summed E-state index contributed by atoms with van der Waals surface area (Å²) < 4.78 is 10.8. The summed E-state index contributed by atoms with van der Waals surface area (Å²) in [6.07, 6.45) is 2.59. The van der Waals surface area contributed by atoms with Gasteiger partial charge in [-0.25, -0.2) is 0 Å². The van der Waals surface area contributed by atoms with E-state index in [0.29, 0.717) is 37.0 Å². The molecule has 0 bridgehead atoms. The molecule has 1 fully saturated rings. The van der Waals surface area contributed by atoms with Crippen molar-refractivity contribution >= 4 is 18.3 Å². The molecule has 1 atom stereocenters. The summed E-state index contributed by atoms with van der Waals surface area (Å²) in [5.41, 5.74) is 5.52. The topological polar surface area (TPSA) is 73.6 Å². The van der Waals surface area contributed by atoms with Gasteiger partial charge in [0, 0.05) is 6.54 Å². The fourth-order valence-corrected chi connectivity index (χ4v) is 2.41. The average Bonchev–Trinajstić information content (AvgIpc) is 3.32. The third kappa shape index (κ3) is 4.78. The van der Waals surface area contributed by atoms with Gasteiger partial charge in [0.05, 0.1) is 25.7 Å². The van der Waals surface area contributed by atoms with Crippen molar-refractivity contribution in [2.24, 2.45) is 11.7 Å². The average molecular weight is 329 g/mol. The van der Waals surface area contributed by atoms with Crippen LogP contribution in [0.25, 0.3) is 0 Å². The third-order valence-corrected chi connectivity index (χ3v) is 3.98. The quantitative estimate of drug-likeness (QED) is 0.766. The molecule has 124 valence electrons. The van der Waals surface area contributed by atoms with Crippen molar-refractivity contribution in [3.8, 4) is 11.5 Å². The van der Waals surface area contributed by atoms with Crippen LogP contribution >= 0.6 is 12.4 Å². The van der Waals surface area contributed by atoms with Crippen molar-refractivity contribution in [1.82, 2.24) is 5.32 Å². The summed E-state index contributed by atoms with van der Waals surface area (Å²) >= 11 is 0. The molecule has 1 saturated carbocycles. The van der Waals surface area contributed by atoms with Crippen molar-refractivity contribution in [1.29, 1.82) is 0 Å². The Kier molecular flexibility index (Phi) is 6.97. The van der Waals surface area contributed by atoms with E-state index in [1.54, 1.807) is 7.11 Å². The molecule has 1 unspecified atom stereocenters. The number of methoxy groups -OCH3 is 1. The maximum absolute atomic E-state index is 12.0. The Bertz CT molecular complexity index is 494. The van der Waals surface area contributed by atoms with Gasteiger partial charge in [-0.05, 0) is 37.8 Å². The maximum Gasteiger partial charge on any atom is 0.223 e. The minimum Gasteiger partial charge on any atom is -0.493 e. The zero-order valence-electron chi connectivity index (χ0n) is 13.1. The number of halogens is 1. The fourth-order valence-electron chi connectivity index (χ4n) is 2.41. The van der Waals surface area contributed by atoms with E-state index < -0.39 is 0 Å². The highest BCUT2D eigenvalue weighted by Crippen LogP contribution is 2.39. The molecule has 0 spiro atoms. The first-order chi connectivity index (χ1) is 10.1. The van der Waals surface area contributed by atoms with Crippen molar-refractivity contribution in [2.45, 2.75) is 31.7 Å². The number of para-hydroxylation sites is 2. The Balaban J connectivity index is 0.00000242. The first-order valence-electron chi connectivity index (χ1n) is 7.36. The molecule has 0 saturated heterocycles. The maximum atomic E-state index is 12.0. The zero-order valence-corrected chi connectivity index (χ0v) is 13.9. The molecule has 22 heavy (non-hydrogen) atoms. The molecule has 0 radical (unpaired) electrons. The molecule has 0 aromatic heterocycles. The summed E-state index contributed by atoms with van der Waals surface area (Å²) in [6, 6.07) is 7.40. The van der Waals surface area contributed by atoms with Crippen LogP contribution in [0.3, 0.4) is 0 Å². The van der Waals surface area contributed by atoms with Crippen molar-refractivity contribution < 1.29 is 14.3 Å². The van der Waals surface area contributed by atoms with Crippen molar-refractivity contribution in [2.75, 3.05) is 20.3 Å². The fraction of sp³-hybridized carbons (Fsp3) is 0.562. The predicted octanol–water partition coefficient (Wildman–Crippen LogP) is 2.13. The standard InChI is InChI=1S/C16H24N2O3.ClH/c1-16(11-17,12-7-8-12)18-15(19)9-10-21-14-6-4-3-5-13(14)20-2;/h3-6,12H,7-11,17H2,1-2H3,(H,18,19);1H. The Labute approximate surface area is 138 Å². The van der Waals surface area contributed by atoms with Crippen molar-refractivity contribution in [3.63, 3.8) is 0 Å². The zero-order chi connectivity index (χ0) is 15.3. The van der Waals surface area contributed by atoms with E-state index in [4.69, 9.17) is 15.2 Å². The van der Waals surface area contributed by atoms with Crippen LogP contribution in [0.4, 0.5) is 0 Å². The lowest BCUT2D eigenvalue weighted by atomic mass is 9.96. The van der Waals surface area contributed by atoms with Crippen LogP contribution in [0, 0.1) is 5.92 Å². The van der Waals surface area contributed by atoms with Gasteiger partial charge in [0.25, 0.3) is 0 Å². The van der Waals surface area contributed by atoms with Crippen LogP contribution in [-0.4, -0.2) is 31.7 Å². The highest BCUT2D eigenvalue weighted by molar-refractivity contribution is 5.85. The smallest absolute Gasteiger partial charge is 0.223 e. The highest BCUT2D eigenvalue weighted by atomic mass is 35.5. The SMILES string of the molecule is COc1ccccc1OCCC(=O)NC(C)(CN)C1CC1.Cl. The minimum absolute atomic E-state index is 0. The molecule has 5 nitrogen and oxygen atoms in total. The van der Waals surface area contributed by atoms with Crippen LogP contribution in [-0.2, 0) is 4.79 Å². The van der Waals surface area contributed by atoms with Gasteiger partial charge < -0.3 is 20.5 Å². The van der Waals surface area contributed by atoms with Gasteiger partial charge in [-0.1, -0.05) is 12.1 Å². The summed E-state index contributed by atoms with van der Waals surface area (Å²) in [7, 11) is 1.59. The lowest BCUT2D eigenvalue weighted by Gasteiger charge is -2.29. The van der Waals surface area contributed by atoms with Gasteiger partial charge in [0.1, 0.15) is 0 Å². The van der Waals surface area contributed by atoms with E-state index in [2.05, 4.69) is 5.32 Å². The molecular weight excluding hydrogens is 304 g/mol. The second-order valence-corrected chi connectivity index (χ2v) is 5.69. The van der Waals surface area contributed by atoms with Gasteiger partial charge in [-0.3, -0.25) is 4.79 Å². The van der Waals surface area contributed by atoms with E-state index in [1.165, 1.54) is 0 Å². The largest absolute Gasteiger partial charge is 0.493 e. The Hall–Kier alpha value is -1.46. The number of carbonyl (C=O) groups is 1. The van der Waals surface area contributed by atoms with E-state index >= 15 is 0 Å². The van der Waals surface area contributed by atoms with E-state index in [9.17, 15) is 4.79 Å². The van der Waals surface area contributed by atoms with Gasteiger partial charge in [-0.15, -0.1) is 12.4 Å². The van der Waals surface area contributed by atoms with E-state index in [1.807, 2.05) is 31.2 Å². The van der Waals surface area contributed by atoms with Crippen molar-refractivity contribution in [3.05, 3.63) is 24.3 Å². The monoisotopic (exact) mass is 328 g/mol. The Morgan fingerprint density at radius 2 is 2.00 bits per heavy atom. The van der Waals surface area contributed by atoms with Gasteiger partial charge in [0.15, 0.2) is 11.5 Å². The molecular formula is C16H25ClN2O3. The van der Waals surface area contributed by atoms with E-state index in [0.717, 1.165) is 12.8 Å². The number of nitrogens with two attached hydrogens (primary N) is 1. The summed E-state index contributed by atoms with van der Waals surface area (Å²) in [5.74, 6) is 1.81. The molecule has 1 amide bonds. The molecule has 1 aliphatic rings. The van der Waals surface area contributed by atoms with Crippen LogP contribution in [0.1, 0.15) is 26.2 Å². The first kappa shape index (κ1) is 18.6. The molecule has 6 heteroatoms. The number of carbonyl (C=O) groups excluding carboxylic acids is 1.